The molecular formula is C52H78BaO6S2. The van der Waals surface area contributed by atoms with E-state index in [9.17, 15) is 25.9 Å². The predicted octanol–water partition coefficient (Wildman–Crippen LogP) is 14.7. The average molecular weight is 1000 g/mol. The smallest absolute Gasteiger partial charge is 0.744 e. The topological polar surface area (TPSA) is 114 Å². The third-order valence-corrected chi connectivity index (χ3v) is 13.6. The Labute approximate surface area is 412 Å². The molecule has 9 heteroatoms. The van der Waals surface area contributed by atoms with Crippen LogP contribution in [0.15, 0.2) is 70.5 Å². The molecule has 4 aromatic carbocycles. The molecule has 0 spiro atoms. The Bertz CT molecular complexity index is 1900. The summed E-state index contributed by atoms with van der Waals surface area (Å²) in [7, 11) is -8.90. The monoisotopic (exact) mass is 1000 g/mol. The maximum atomic E-state index is 11.7. The zero-order valence-corrected chi connectivity index (χ0v) is 44.6. The molecule has 0 aliphatic heterocycles. The van der Waals surface area contributed by atoms with E-state index in [1.165, 1.54) is 137 Å². The summed E-state index contributed by atoms with van der Waals surface area (Å²) in [6.45, 7) is 8.90. The summed E-state index contributed by atoms with van der Waals surface area (Å²) in [5, 5.41) is 4.12. The number of aryl methyl sites for hydroxylation is 4. The minimum atomic E-state index is -4.45. The third kappa shape index (κ3) is 21.1. The van der Waals surface area contributed by atoms with Crippen LogP contribution in [0, 0.1) is 0 Å². The fraction of sp³-hybridized carbons (Fsp3) is 0.615. The van der Waals surface area contributed by atoms with Crippen molar-refractivity contribution < 1.29 is 25.9 Å². The van der Waals surface area contributed by atoms with Crippen molar-refractivity contribution in [2.45, 2.75) is 217 Å². The maximum absolute atomic E-state index is 11.7. The molecule has 61 heavy (non-hydrogen) atoms. The summed E-state index contributed by atoms with van der Waals surface area (Å²) < 4.78 is 70.2. The van der Waals surface area contributed by atoms with E-state index in [1.807, 2.05) is 24.3 Å². The van der Waals surface area contributed by atoms with Crippen molar-refractivity contribution in [1.82, 2.24) is 0 Å². The Morgan fingerprint density at radius 1 is 0.361 bits per heavy atom. The van der Waals surface area contributed by atoms with Crippen LogP contribution in [0.1, 0.15) is 204 Å². The van der Waals surface area contributed by atoms with Crippen LogP contribution in [0.25, 0.3) is 21.5 Å². The molecule has 0 saturated heterocycles. The van der Waals surface area contributed by atoms with Crippen molar-refractivity contribution in [2.75, 3.05) is 0 Å². The van der Waals surface area contributed by atoms with Crippen LogP contribution in [0.2, 0.25) is 0 Å². The Morgan fingerprint density at radius 3 is 0.902 bits per heavy atom. The van der Waals surface area contributed by atoms with E-state index in [-0.39, 0.29) is 58.7 Å². The van der Waals surface area contributed by atoms with Crippen LogP contribution in [-0.4, -0.2) is 74.8 Å². The average Bonchev–Trinajstić information content (AvgIpc) is 3.22. The molecular weight excluding hydrogens is 922 g/mol. The van der Waals surface area contributed by atoms with E-state index in [0.29, 0.717) is 0 Å². The molecule has 0 aliphatic rings. The fourth-order valence-electron chi connectivity index (χ4n) is 8.62. The molecule has 6 nitrogen and oxygen atoms in total. The Balaban J connectivity index is 0.000000413. The van der Waals surface area contributed by atoms with Crippen LogP contribution in [-0.2, 0) is 45.9 Å². The Kier molecular flexibility index (Phi) is 29.0. The normalized spacial score (nSPS) is 11.8. The van der Waals surface area contributed by atoms with Gasteiger partial charge in [-0.05, 0) is 119 Å². The molecule has 0 fully saturated rings. The molecule has 0 bridgehead atoms. The van der Waals surface area contributed by atoms with E-state index in [2.05, 4.69) is 39.8 Å². The zero-order chi connectivity index (χ0) is 43.6. The van der Waals surface area contributed by atoms with Crippen molar-refractivity contribution in [2.24, 2.45) is 0 Å². The quantitative estimate of drug-likeness (QED) is 0.0292. The van der Waals surface area contributed by atoms with Gasteiger partial charge in [0.05, 0.1) is 9.79 Å². The molecule has 0 saturated carbocycles. The maximum Gasteiger partial charge on any atom is 2.00 e. The van der Waals surface area contributed by atoms with Crippen LogP contribution >= 0.6 is 0 Å². The summed E-state index contributed by atoms with van der Waals surface area (Å²) in [4.78, 5) is -0.180. The van der Waals surface area contributed by atoms with E-state index in [4.69, 9.17) is 0 Å². The minimum Gasteiger partial charge on any atom is -0.744 e. The first-order chi connectivity index (χ1) is 28.9. The van der Waals surface area contributed by atoms with Gasteiger partial charge in [-0.2, -0.15) is 0 Å². The van der Waals surface area contributed by atoms with Crippen LogP contribution in [0.5, 0.6) is 0 Å². The SMILES string of the molecule is CCCCCCCCc1cccc2cc(S(=O)(=O)[O-])cc(CCCCCCCC)c12.CCCCCCCCc1cccc2cc(S(=O)(=O)[O-])cc(CCCCCCCC)c12.[Ba+2]. The minimum absolute atomic E-state index is 0. The predicted molar refractivity (Wildman–Crippen MR) is 258 cm³/mol. The molecule has 0 N–H and O–H groups in total. The molecule has 4 rings (SSSR count). The van der Waals surface area contributed by atoms with Crippen molar-refractivity contribution >= 4 is 90.7 Å². The molecule has 336 valence electrons. The number of fused-ring (bicyclic) bond motifs is 2. The molecule has 4 aromatic rings. The van der Waals surface area contributed by atoms with Gasteiger partial charge < -0.3 is 9.11 Å². The molecule has 0 atom stereocenters. The largest absolute Gasteiger partial charge is 2.00 e. The molecule has 0 heterocycles. The van der Waals surface area contributed by atoms with Gasteiger partial charge in [-0.1, -0.05) is 193 Å². The molecule has 0 aromatic heterocycles. The van der Waals surface area contributed by atoms with Crippen LogP contribution in [0.4, 0.5) is 0 Å². The zero-order valence-electron chi connectivity index (χ0n) is 38.5. The molecule has 0 radical (unpaired) electrons. The van der Waals surface area contributed by atoms with E-state index in [1.54, 1.807) is 24.3 Å². The number of benzene rings is 4. The van der Waals surface area contributed by atoms with Gasteiger partial charge in [0.25, 0.3) is 0 Å². The third-order valence-electron chi connectivity index (χ3n) is 12.0. The van der Waals surface area contributed by atoms with Gasteiger partial charge in [-0.15, -0.1) is 0 Å². The van der Waals surface area contributed by atoms with Gasteiger partial charge in [0.2, 0.25) is 0 Å². The van der Waals surface area contributed by atoms with Crippen molar-refractivity contribution in [1.29, 1.82) is 0 Å². The number of hydrogen-bond acceptors (Lipinski definition) is 6. The standard InChI is InChI=1S/2C26H40O3S.Ba/c2*1-3-5-7-9-11-13-16-22-18-15-19-24-21-25(30(27,28)29)20-23(26(22)24)17-14-12-10-8-6-4-2;/h2*15,18-21H,3-14,16-17H2,1-2H3,(H,27,28,29);/q;;+2/p-2. The summed E-state index contributed by atoms with van der Waals surface area (Å²) >= 11 is 0. The van der Waals surface area contributed by atoms with Gasteiger partial charge >= 0.3 is 48.9 Å². The number of rotatable bonds is 30. The first-order valence-corrected chi connectivity index (χ1v) is 26.8. The Morgan fingerprint density at radius 2 is 0.623 bits per heavy atom. The number of unbranched alkanes of at least 4 members (excludes halogenated alkanes) is 20. The van der Waals surface area contributed by atoms with E-state index < -0.39 is 20.2 Å². The van der Waals surface area contributed by atoms with Crippen LogP contribution in [0.3, 0.4) is 0 Å². The summed E-state index contributed by atoms with van der Waals surface area (Å²) in [6.07, 6.45) is 33.1. The summed E-state index contributed by atoms with van der Waals surface area (Å²) in [5.74, 6) is 0. The molecule has 0 unspecified atom stereocenters. The first-order valence-electron chi connectivity index (χ1n) is 23.9. The van der Waals surface area contributed by atoms with E-state index >= 15 is 0 Å². The molecule has 0 aliphatic carbocycles. The van der Waals surface area contributed by atoms with E-state index in [0.717, 1.165) is 86.1 Å². The van der Waals surface area contributed by atoms with Crippen molar-refractivity contribution in [3.63, 3.8) is 0 Å². The van der Waals surface area contributed by atoms with Crippen LogP contribution < -0.4 is 0 Å². The van der Waals surface area contributed by atoms with Crippen molar-refractivity contribution in [3.8, 4) is 0 Å². The van der Waals surface area contributed by atoms with Gasteiger partial charge in [-0.3, -0.25) is 0 Å². The van der Waals surface area contributed by atoms with Gasteiger partial charge in [-0.25, -0.2) is 16.8 Å². The fourth-order valence-corrected chi connectivity index (χ4v) is 9.74. The summed E-state index contributed by atoms with van der Waals surface area (Å²) in [5.41, 5.74) is 4.63. The summed E-state index contributed by atoms with van der Waals surface area (Å²) in [6, 6.07) is 18.6. The molecule has 0 amide bonds. The second-order valence-electron chi connectivity index (χ2n) is 17.2. The van der Waals surface area contributed by atoms with Gasteiger partial charge in [0.15, 0.2) is 0 Å². The Hall–Kier alpha value is -1.21. The van der Waals surface area contributed by atoms with Gasteiger partial charge in [0.1, 0.15) is 20.2 Å². The van der Waals surface area contributed by atoms with Crippen molar-refractivity contribution in [3.05, 3.63) is 82.9 Å². The second-order valence-corrected chi connectivity index (χ2v) is 19.9. The number of hydrogen-bond donors (Lipinski definition) is 0. The first kappa shape index (κ1) is 55.9. The van der Waals surface area contributed by atoms with Gasteiger partial charge in [0, 0.05) is 0 Å². The second kappa shape index (κ2) is 31.6.